The zero-order valence-electron chi connectivity index (χ0n) is 10.7. The maximum Gasteiger partial charge on any atom is 0.139 e. The van der Waals surface area contributed by atoms with Gasteiger partial charge in [-0.2, -0.15) is 11.8 Å². The second-order valence-corrected chi connectivity index (χ2v) is 6.10. The summed E-state index contributed by atoms with van der Waals surface area (Å²) in [6.45, 7) is 2.99. The fourth-order valence-corrected chi connectivity index (χ4v) is 3.55. The SMILES string of the molecule is Cc1cccn2cc(CN[C@@H]3CCCSC3)nc12. The lowest BCUT2D eigenvalue weighted by molar-refractivity contribution is 0.504. The van der Waals surface area contributed by atoms with Gasteiger partial charge in [-0.3, -0.25) is 0 Å². The lowest BCUT2D eigenvalue weighted by Crippen LogP contribution is -2.33. The van der Waals surface area contributed by atoms with Crippen LogP contribution in [0, 0.1) is 6.92 Å². The molecule has 4 heteroatoms. The monoisotopic (exact) mass is 261 g/mol. The van der Waals surface area contributed by atoms with Gasteiger partial charge < -0.3 is 9.72 Å². The van der Waals surface area contributed by atoms with Crippen molar-refractivity contribution in [3.63, 3.8) is 0 Å². The van der Waals surface area contributed by atoms with E-state index in [-0.39, 0.29) is 0 Å². The van der Waals surface area contributed by atoms with Crippen LogP contribution >= 0.6 is 11.8 Å². The maximum absolute atomic E-state index is 4.69. The van der Waals surface area contributed by atoms with Crippen molar-refractivity contribution in [1.29, 1.82) is 0 Å². The van der Waals surface area contributed by atoms with Crippen molar-refractivity contribution in [3.8, 4) is 0 Å². The highest BCUT2D eigenvalue weighted by molar-refractivity contribution is 7.99. The van der Waals surface area contributed by atoms with Crippen LogP contribution < -0.4 is 5.32 Å². The van der Waals surface area contributed by atoms with Crippen LogP contribution in [0.25, 0.3) is 5.65 Å². The number of nitrogens with zero attached hydrogens (tertiary/aromatic N) is 2. The van der Waals surface area contributed by atoms with Crippen molar-refractivity contribution in [2.24, 2.45) is 0 Å². The molecule has 2 aromatic heterocycles. The molecule has 0 bridgehead atoms. The summed E-state index contributed by atoms with van der Waals surface area (Å²) >= 11 is 2.06. The van der Waals surface area contributed by atoms with E-state index in [1.165, 1.54) is 29.9 Å². The first-order chi connectivity index (χ1) is 8.83. The van der Waals surface area contributed by atoms with Crippen molar-refractivity contribution in [3.05, 3.63) is 35.8 Å². The van der Waals surface area contributed by atoms with E-state index in [1.54, 1.807) is 0 Å². The Morgan fingerprint density at radius 2 is 2.50 bits per heavy atom. The number of thioether (sulfide) groups is 1. The normalized spacial score (nSPS) is 20.4. The molecule has 2 aromatic rings. The Hall–Kier alpha value is -1.00. The fourth-order valence-electron chi connectivity index (χ4n) is 2.44. The average molecular weight is 261 g/mol. The molecule has 18 heavy (non-hydrogen) atoms. The summed E-state index contributed by atoms with van der Waals surface area (Å²) in [4.78, 5) is 4.69. The molecule has 1 saturated heterocycles. The number of imidazole rings is 1. The molecular weight excluding hydrogens is 242 g/mol. The van der Waals surface area contributed by atoms with Crippen molar-refractivity contribution in [1.82, 2.24) is 14.7 Å². The minimum Gasteiger partial charge on any atom is -0.307 e. The number of aromatic nitrogens is 2. The molecule has 3 heterocycles. The van der Waals surface area contributed by atoms with E-state index in [0.29, 0.717) is 6.04 Å². The van der Waals surface area contributed by atoms with Gasteiger partial charge in [-0.05, 0) is 37.1 Å². The Balaban J connectivity index is 1.69. The minimum atomic E-state index is 0.662. The standard InChI is InChI=1S/C14H19N3S/c1-11-4-2-6-17-9-13(16-14(11)17)8-15-12-5-3-7-18-10-12/h2,4,6,9,12,15H,3,5,7-8,10H2,1H3/t12-/m1/s1. The second kappa shape index (κ2) is 5.33. The topological polar surface area (TPSA) is 29.3 Å². The number of pyridine rings is 1. The van der Waals surface area contributed by atoms with Crippen LogP contribution in [0.2, 0.25) is 0 Å². The number of aryl methyl sites for hydroxylation is 1. The molecule has 0 amide bonds. The van der Waals surface area contributed by atoms with E-state index >= 15 is 0 Å². The maximum atomic E-state index is 4.69. The lowest BCUT2D eigenvalue weighted by Gasteiger charge is -2.21. The van der Waals surface area contributed by atoms with E-state index < -0.39 is 0 Å². The van der Waals surface area contributed by atoms with Crippen LogP contribution in [0.5, 0.6) is 0 Å². The molecule has 1 aliphatic heterocycles. The molecular formula is C14H19N3S. The molecule has 1 N–H and O–H groups in total. The van der Waals surface area contributed by atoms with E-state index in [9.17, 15) is 0 Å². The van der Waals surface area contributed by atoms with Gasteiger partial charge in [0.25, 0.3) is 0 Å². The molecule has 0 spiro atoms. The molecule has 3 rings (SSSR count). The zero-order chi connectivity index (χ0) is 12.4. The van der Waals surface area contributed by atoms with E-state index in [1.807, 2.05) is 0 Å². The van der Waals surface area contributed by atoms with Crippen LogP contribution in [0.4, 0.5) is 0 Å². The quantitative estimate of drug-likeness (QED) is 0.921. The van der Waals surface area contributed by atoms with Gasteiger partial charge in [0.15, 0.2) is 0 Å². The number of hydrogen-bond acceptors (Lipinski definition) is 3. The van der Waals surface area contributed by atoms with Crippen LogP contribution in [0.3, 0.4) is 0 Å². The van der Waals surface area contributed by atoms with Crippen LogP contribution in [0.1, 0.15) is 24.1 Å². The van der Waals surface area contributed by atoms with Crippen LogP contribution in [-0.4, -0.2) is 26.9 Å². The first-order valence-electron chi connectivity index (χ1n) is 6.57. The summed E-state index contributed by atoms with van der Waals surface area (Å²) in [6, 6.07) is 4.84. The third-order valence-electron chi connectivity index (χ3n) is 3.46. The van der Waals surface area contributed by atoms with Gasteiger partial charge in [0.05, 0.1) is 5.69 Å². The van der Waals surface area contributed by atoms with E-state index in [4.69, 9.17) is 4.98 Å². The highest BCUT2D eigenvalue weighted by Crippen LogP contribution is 2.17. The van der Waals surface area contributed by atoms with Crippen molar-refractivity contribution < 1.29 is 0 Å². The third-order valence-corrected chi connectivity index (χ3v) is 4.68. The molecule has 96 valence electrons. The van der Waals surface area contributed by atoms with Gasteiger partial charge in [0.2, 0.25) is 0 Å². The Bertz CT molecular complexity index is 529. The Morgan fingerprint density at radius 1 is 1.56 bits per heavy atom. The fraction of sp³-hybridized carbons (Fsp3) is 0.500. The number of fused-ring (bicyclic) bond motifs is 1. The molecule has 0 unspecified atom stereocenters. The Kier molecular flexibility index (Phi) is 3.57. The van der Waals surface area contributed by atoms with Crippen molar-refractivity contribution >= 4 is 17.4 Å². The summed E-state index contributed by atoms with van der Waals surface area (Å²) in [5.41, 5.74) is 3.45. The molecule has 1 aliphatic rings. The molecule has 1 atom stereocenters. The van der Waals surface area contributed by atoms with Gasteiger partial charge in [-0.15, -0.1) is 0 Å². The zero-order valence-corrected chi connectivity index (χ0v) is 11.5. The number of rotatable bonds is 3. The van der Waals surface area contributed by atoms with Crippen LogP contribution in [0.15, 0.2) is 24.5 Å². The molecule has 0 aliphatic carbocycles. The summed E-state index contributed by atoms with van der Waals surface area (Å²) in [6.07, 6.45) is 6.84. The lowest BCUT2D eigenvalue weighted by atomic mass is 10.2. The third kappa shape index (κ3) is 2.54. The molecule has 3 nitrogen and oxygen atoms in total. The van der Waals surface area contributed by atoms with Gasteiger partial charge in [0.1, 0.15) is 5.65 Å². The highest BCUT2D eigenvalue weighted by Gasteiger charge is 2.13. The smallest absolute Gasteiger partial charge is 0.139 e. The van der Waals surface area contributed by atoms with Crippen LogP contribution in [-0.2, 0) is 6.54 Å². The van der Waals surface area contributed by atoms with Gasteiger partial charge in [0, 0.05) is 30.7 Å². The van der Waals surface area contributed by atoms with Gasteiger partial charge in [-0.25, -0.2) is 4.98 Å². The molecule has 1 fully saturated rings. The first-order valence-corrected chi connectivity index (χ1v) is 7.73. The summed E-state index contributed by atoms with van der Waals surface area (Å²) < 4.78 is 2.11. The average Bonchev–Trinajstić information content (AvgIpc) is 2.82. The predicted octanol–water partition coefficient (Wildman–Crippen LogP) is 2.63. The largest absolute Gasteiger partial charge is 0.307 e. The Labute approximate surface area is 112 Å². The second-order valence-electron chi connectivity index (χ2n) is 4.95. The summed E-state index contributed by atoms with van der Waals surface area (Å²) in [5, 5.41) is 3.62. The summed E-state index contributed by atoms with van der Waals surface area (Å²) in [5.74, 6) is 2.57. The number of nitrogens with one attached hydrogen (secondary N) is 1. The van der Waals surface area contributed by atoms with Gasteiger partial charge >= 0.3 is 0 Å². The van der Waals surface area contributed by atoms with E-state index in [0.717, 1.165) is 17.9 Å². The van der Waals surface area contributed by atoms with Crippen molar-refractivity contribution in [2.75, 3.05) is 11.5 Å². The predicted molar refractivity (Wildman–Crippen MR) is 77.1 cm³/mol. The van der Waals surface area contributed by atoms with Crippen molar-refractivity contribution in [2.45, 2.75) is 32.4 Å². The summed E-state index contributed by atoms with van der Waals surface area (Å²) in [7, 11) is 0. The van der Waals surface area contributed by atoms with Gasteiger partial charge in [-0.1, -0.05) is 6.07 Å². The minimum absolute atomic E-state index is 0.662. The Morgan fingerprint density at radius 3 is 3.28 bits per heavy atom. The first kappa shape index (κ1) is 12.1. The molecule has 0 radical (unpaired) electrons. The number of hydrogen-bond donors (Lipinski definition) is 1. The molecule has 0 saturated carbocycles. The molecule has 0 aromatic carbocycles. The van der Waals surface area contributed by atoms with E-state index in [2.05, 4.69) is 52.9 Å². The highest BCUT2D eigenvalue weighted by atomic mass is 32.2.